The highest BCUT2D eigenvalue weighted by molar-refractivity contribution is 6.34. The van der Waals surface area contributed by atoms with Crippen molar-refractivity contribution in [1.29, 1.82) is 5.26 Å². The van der Waals surface area contributed by atoms with Crippen LogP contribution in [0, 0.1) is 11.3 Å². The smallest absolute Gasteiger partial charge is 0.231 e. The molecule has 0 atom stereocenters. The second-order valence-corrected chi connectivity index (χ2v) is 5.50. The molecule has 2 N–H and O–H groups in total. The van der Waals surface area contributed by atoms with Gasteiger partial charge >= 0.3 is 0 Å². The largest absolute Gasteiger partial charge is 0.454 e. The Kier molecular flexibility index (Phi) is 4.69. The molecule has 20 heavy (non-hydrogen) atoms. The van der Waals surface area contributed by atoms with Crippen LogP contribution in [0.25, 0.3) is 0 Å². The highest BCUT2D eigenvalue weighted by atomic mass is 16.7. The highest BCUT2D eigenvalue weighted by Crippen LogP contribution is 2.32. The van der Waals surface area contributed by atoms with Crippen LogP contribution >= 0.6 is 0 Å². The number of ether oxygens (including phenoxy) is 2. The molecule has 5 nitrogen and oxygen atoms in total. The summed E-state index contributed by atoms with van der Waals surface area (Å²) < 4.78 is 10.1. The summed E-state index contributed by atoms with van der Waals surface area (Å²) in [5.74, 6) is 0.937. The molecule has 1 aromatic carbocycles. The third-order valence-electron chi connectivity index (χ3n) is 3.17. The Balaban J connectivity index is 0.000000221. The van der Waals surface area contributed by atoms with Crippen molar-refractivity contribution < 1.29 is 19.7 Å². The summed E-state index contributed by atoms with van der Waals surface area (Å²) in [6.07, 6.45) is 0. The Hall–Kier alpha value is -1.71. The summed E-state index contributed by atoms with van der Waals surface area (Å²) in [6, 6.07) is 5.24. The van der Waals surface area contributed by atoms with E-state index < -0.39 is 11.2 Å². The van der Waals surface area contributed by atoms with Gasteiger partial charge in [0, 0.05) is 0 Å². The number of aliphatic hydroxyl groups is 2. The molecule has 0 aromatic heterocycles. The van der Waals surface area contributed by atoms with Gasteiger partial charge in [0.05, 0.1) is 16.8 Å². The maximum absolute atomic E-state index is 9.10. The zero-order chi connectivity index (χ0) is 15.6. The summed E-state index contributed by atoms with van der Waals surface area (Å²) in [4.78, 5) is 0. The van der Waals surface area contributed by atoms with E-state index in [1.165, 1.54) is 0 Å². The molecular formula is C14H18BNO4. The van der Waals surface area contributed by atoms with E-state index in [9.17, 15) is 0 Å². The summed E-state index contributed by atoms with van der Waals surface area (Å²) in [6.45, 7) is 6.44. The maximum atomic E-state index is 9.10. The lowest BCUT2D eigenvalue weighted by atomic mass is 9.90. The normalized spacial score (nSPS) is 13.2. The lowest BCUT2D eigenvalue weighted by molar-refractivity contribution is -0.107. The molecule has 0 fully saturated rings. The van der Waals surface area contributed by atoms with Crippen LogP contribution in [0.1, 0.15) is 33.3 Å². The Labute approximate surface area is 120 Å². The number of nitrogens with zero attached hydrogens (tertiary/aromatic N) is 1. The van der Waals surface area contributed by atoms with E-state index in [-0.39, 0.29) is 6.79 Å². The monoisotopic (exact) mass is 275 g/mol. The predicted octanol–water partition coefficient (Wildman–Crippen LogP) is 0.609. The van der Waals surface area contributed by atoms with Gasteiger partial charge in [-0.3, -0.25) is 0 Å². The third-order valence-corrected chi connectivity index (χ3v) is 3.17. The molecular weight excluding hydrogens is 257 g/mol. The van der Waals surface area contributed by atoms with Crippen LogP contribution in [0.2, 0.25) is 0 Å². The first kappa shape index (κ1) is 16.3. The zero-order valence-electron chi connectivity index (χ0n) is 12.1. The standard InChI is InChI=1S/C8H4BNO2.C6H14O2/c9-6-2-1-5(3-10)7-8(6)12-4-11-7;1-5(2,7)6(3,4)8/h1-2H,4H2;7-8H,1-4H3. The van der Waals surface area contributed by atoms with Crippen molar-refractivity contribution in [3.63, 3.8) is 0 Å². The maximum Gasteiger partial charge on any atom is 0.231 e. The second-order valence-electron chi connectivity index (χ2n) is 5.50. The summed E-state index contributed by atoms with van der Waals surface area (Å²) in [5, 5.41) is 26.9. The molecule has 1 aromatic rings. The van der Waals surface area contributed by atoms with Crippen LogP contribution in [-0.4, -0.2) is 36.1 Å². The number of hydrogen-bond acceptors (Lipinski definition) is 5. The van der Waals surface area contributed by atoms with Crippen molar-refractivity contribution in [3.05, 3.63) is 17.7 Å². The predicted molar refractivity (Wildman–Crippen MR) is 75.3 cm³/mol. The Morgan fingerprint density at radius 1 is 1.10 bits per heavy atom. The number of fused-ring (bicyclic) bond motifs is 1. The molecule has 6 heteroatoms. The fraction of sp³-hybridized carbons (Fsp3) is 0.500. The lowest BCUT2D eigenvalue weighted by Gasteiger charge is -2.31. The number of benzene rings is 1. The molecule has 2 radical (unpaired) electrons. The molecule has 1 aliphatic rings. The van der Waals surface area contributed by atoms with Crippen LogP contribution < -0.4 is 14.9 Å². The Morgan fingerprint density at radius 3 is 2.05 bits per heavy atom. The van der Waals surface area contributed by atoms with Crippen molar-refractivity contribution in [2.45, 2.75) is 38.9 Å². The first-order chi connectivity index (χ1) is 9.08. The van der Waals surface area contributed by atoms with Gasteiger partial charge in [0.2, 0.25) is 6.79 Å². The molecule has 0 bridgehead atoms. The third kappa shape index (κ3) is 3.65. The molecule has 2 rings (SSSR count). The van der Waals surface area contributed by atoms with Gasteiger partial charge < -0.3 is 19.7 Å². The topological polar surface area (TPSA) is 82.7 Å². The van der Waals surface area contributed by atoms with Crippen molar-refractivity contribution in [2.75, 3.05) is 6.79 Å². The van der Waals surface area contributed by atoms with Crippen LogP contribution in [0.4, 0.5) is 0 Å². The molecule has 0 unspecified atom stereocenters. The molecule has 1 heterocycles. The van der Waals surface area contributed by atoms with E-state index in [0.717, 1.165) is 0 Å². The average molecular weight is 275 g/mol. The highest BCUT2D eigenvalue weighted by Gasteiger charge is 2.31. The molecule has 0 aliphatic carbocycles. The Bertz CT molecular complexity index is 512. The quantitative estimate of drug-likeness (QED) is 0.734. The van der Waals surface area contributed by atoms with Crippen molar-refractivity contribution >= 4 is 13.3 Å². The minimum absolute atomic E-state index is 0.137. The number of nitriles is 1. The van der Waals surface area contributed by atoms with Gasteiger partial charge in [-0.05, 0) is 33.8 Å². The molecule has 0 amide bonds. The SMILES string of the molecule is CC(C)(O)C(C)(C)O.[B]c1ccc(C#N)c2c1OCO2. The lowest BCUT2D eigenvalue weighted by Crippen LogP contribution is -2.44. The molecule has 106 valence electrons. The summed E-state index contributed by atoms with van der Waals surface area (Å²) in [5.41, 5.74) is -1.06. The first-order valence-corrected chi connectivity index (χ1v) is 6.11. The minimum Gasteiger partial charge on any atom is -0.454 e. The fourth-order valence-corrected chi connectivity index (χ4v) is 1.11. The van der Waals surface area contributed by atoms with Gasteiger partial charge in [0.25, 0.3) is 0 Å². The minimum atomic E-state index is -1.01. The van der Waals surface area contributed by atoms with Gasteiger partial charge in [0.1, 0.15) is 13.9 Å². The van der Waals surface area contributed by atoms with Gasteiger partial charge in [-0.1, -0.05) is 11.5 Å². The van der Waals surface area contributed by atoms with Crippen molar-refractivity contribution in [2.24, 2.45) is 0 Å². The van der Waals surface area contributed by atoms with Crippen LogP contribution in [0.15, 0.2) is 12.1 Å². The van der Waals surface area contributed by atoms with E-state index >= 15 is 0 Å². The Morgan fingerprint density at radius 2 is 1.60 bits per heavy atom. The van der Waals surface area contributed by atoms with Crippen LogP contribution in [-0.2, 0) is 0 Å². The van der Waals surface area contributed by atoms with Gasteiger partial charge in [-0.25, -0.2) is 0 Å². The molecule has 0 saturated heterocycles. The second kappa shape index (κ2) is 5.74. The van der Waals surface area contributed by atoms with Crippen LogP contribution in [0.3, 0.4) is 0 Å². The fourth-order valence-electron chi connectivity index (χ4n) is 1.11. The molecule has 1 aliphatic heterocycles. The van der Waals surface area contributed by atoms with E-state index in [1.807, 2.05) is 6.07 Å². The van der Waals surface area contributed by atoms with E-state index in [1.54, 1.807) is 39.8 Å². The summed E-state index contributed by atoms with van der Waals surface area (Å²) in [7, 11) is 5.58. The van der Waals surface area contributed by atoms with E-state index in [4.69, 9.17) is 32.8 Å². The van der Waals surface area contributed by atoms with E-state index in [2.05, 4.69) is 0 Å². The number of hydrogen-bond donors (Lipinski definition) is 2. The van der Waals surface area contributed by atoms with Gasteiger partial charge in [-0.15, -0.1) is 0 Å². The average Bonchev–Trinajstić information content (AvgIpc) is 2.77. The molecule has 0 spiro atoms. The van der Waals surface area contributed by atoms with Crippen molar-refractivity contribution in [3.8, 4) is 17.6 Å². The zero-order valence-corrected chi connectivity index (χ0v) is 12.1. The molecule has 0 saturated carbocycles. The summed E-state index contributed by atoms with van der Waals surface area (Å²) >= 11 is 0. The van der Waals surface area contributed by atoms with E-state index in [0.29, 0.717) is 22.5 Å². The van der Waals surface area contributed by atoms with Crippen molar-refractivity contribution in [1.82, 2.24) is 0 Å². The van der Waals surface area contributed by atoms with Gasteiger partial charge in [-0.2, -0.15) is 5.26 Å². The van der Waals surface area contributed by atoms with Crippen LogP contribution in [0.5, 0.6) is 11.5 Å². The number of rotatable bonds is 1. The van der Waals surface area contributed by atoms with Gasteiger partial charge in [0.15, 0.2) is 11.5 Å². The first-order valence-electron chi connectivity index (χ1n) is 6.11.